The average Bonchev–Trinajstić information content (AvgIpc) is 1.26. The number of aromatic nitrogens is 2. The molecule has 0 saturated carbocycles. The van der Waals surface area contributed by atoms with Crippen LogP contribution < -0.4 is 98.6 Å². The average molecular weight is 1380 g/mol. The molecule has 0 unspecified atom stereocenters. The maximum Gasteiger partial charge on any atom is 0.325 e. The number of primary amides is 2. The Hall–Kier alpha value is -9.63. The number of hydrogen-bond donors (Lipinski definition) is 22. The number of carboxylic acids is 2. The number of imidazole rings is 1. The summed E-state index contributed by atoms with van der Waals surface area (Å²) in [5.74, 6) is -17.2. The normalized spacial score (nSPS) is 14.5. The zero-order valence-corrected chi connectivity index (χ0v) is 55.4. The number of aliphatic carboxylic acids is 2. The summed E-state index contributed by atoms with van der Waals surface area (Å²) in [5, 5.41) is 55.1. The number of carbonyl (C=O) groups is 15. The van der Waals surface area contributed by atoms with Gasteiger partial charge in [-0.15, -0.1) is 0 Å². The summed E-state index contributed by atoms with van der Waals surface area (Å²) in [6, 6.07) is -16.9. The highest BCUT2D eigenvalue weighted by atomic mass is 16.4. The van der Waals surface area contributed by atoms with Crippen LogP contribution in [-0.2, 0) is 78.3 Å². The van der Waals surface area contributed by atoms with E-state index in [0.717, 1.165) is 6.92 Å². The molecule has 39 heteroatoms. The standard InChI is InChI=1S/C58H101N21O18/c1-29(2)21-38(53(92)72-35(13-10-20-67-58(64)65)50(89)78-41(24-44(63)82)56(95)79-42(27-80)48(87)68-26-45(83)70-31(5)57(96)97)77-52(91)36(14-16-43(62)81)73-51(90)37(15-17-46(84)85)74-54(93)39(22-30(3)4)76-49(88)34(12-7-9-19-60)71-55(94)40(23-32-25-66-28-69-32)75-47(86)33(61)11-6-8-18-59/h25,28-31,33-42,80H,6-24,26-27,59-61H2,1-5H3,(H2,62,81)(H2,63,82)(H,66,69)(H,68,87)(H,70,83)(H,71,94)(H,72,92)(H,73,90)(H,74,93)(H,75,86)(H,76,88)(H,77,91)(H,78,89)(H,79,95)(H,84,85)(H,96,97)(H4,64,65,67)/t31-,33-,34-,35-,36-,37-,38-,39-,40-,41-,42-/m0/s1. The van der Waals surface area contributed by atoms with Crippen molar-refractivity contribution in [2.24, 2.45) is 57.0 Å². The number of nitrogens with two attached hydrogens (primary N) is 7. The Kier molecular flexibility index (Phi) is 40.2. The Morgan fingerprint density at radius 2 is 0.918 bits per heavy atom. The second-order valence-corrected chi connectivity index (χ2v) is 23.9. The van der Waals surface area contributed by atoms with Crippen molar-refractivity contribution in [2.75, 3.05) is 32.8 Å². The number of carboxylic acid groups (broad SMARTS) is 2. The molecule has 0 saturated heterocycles. The first-order chi connectivity index (χ1) is 45.6. The fraction of sp³-hybridized carbons (Fsp3) is 0.672. The maximum atomic E-state index is 14.4. The van der Waals surface area contributed by atoms with Gasteiger partial charge in [-0.2, -0.15) is 0 Å². The molecule has 1 rings (SSSR count). The van der Waals surface area contributed by atoms with E-state index in [2.05, 4.69) is 73.4 Å². The van der Waals surface area contributed by atoms with Crippen molar-refractivity contribution in [3.05, 3.63) is 18.2 Å². The summed E-state index contributed by atoms with van der Waals surface area (Å²) in [6.45, 7) is 6.43. The number of aliphatic imine (C=N–C) groups is 1. The van der Waals surface area contributed by atoms with E-state index in [9.17, 15) is 82.1 Å². The number of hydrogen-bond acceptors (Lipinski definition) is 21. The van der Waals surface area contributed by atoms with E-state index in [1.165, 1.54) is 12.5 Å². The van der Waals surface area contributed by atoms with Crippen LogP contribution >= 0.6 is 0 Å². The van der Waals surface area contributed by atoms with Crippen molar-refractivity contribution in [2.45, 2.75) is 204 Å². The lowest BCUT2D eigenvalue weighted by Crippen LogP contribution is -2.61. The fourth-order valence-corrected chi connectivity index (χ4v) is 9.20. The van der Waals surface area contributed by atoms with Crippen LogP contribution in [0.1, 0.15) is 137 Å². The molecule has 0 aliphatic heterocycles. The van der Waals surface area contributed by atoms with Gasteiger partial charge in [-0.25, -0.2) is 4.98 Å². The number of H-pyrrole nitrogens is 1. The van der Waals surface area contributed by atoms with E-state index in [4.69, 9.17) is 45.2 Å². The number of guanidine groups is 1. The van der Waals surface area contributed by atoms with Crippen molar-refractivity contribution >= 4 is 94.7 Å². The van der Waals surface area contributed by atoms with Gasteiger partial charge in [0.1, 0.15) is 60.4 Å². The van der Waals surface area contributed by atoms with Crippen molar-refractivity contribution in [3.8, 4) is 0 Å². The third kappa shape index (κ3) is 35.6. The Bertz CT molecular complexity index is 2820. The van der Waals surface area contributed by atoms with Crippen molar-refractivity contribution < 1.29 is 87.2 Å². The number of rotatable bonds is 50. The predicted octanol–water partition coefficient (Wildman–Crippen LogP) is -8.25. The van der Waals surface area contributed by atoms with Crippen LogP contribution in [0.15, 0.2) is 17.5 Å². The van der Waals surface area contributed by atoms with Gasteiger partial charge in [-0.1, -0.05) is 34.1 Å². The topological polar surface area (TPSA) is 672 Å². The first-order valence-corrected chi connectivity index (χ1v) is 31.7. The molecule has 0 bridgehead atoms. The minimum atomic E-state index is -1.90. The van der Waals surface area contributed by atoms with E-state index in [1.807, 2.05) is 0 Å². The third-order valence-corrected chi connectivity index (χ3v) is 14.4. The van der Waals surface area contributed by atoms with Crippen LogP contribution in [0.5, 0.6) is 0 Å². The summed E-state index contributed by atoms with van der Waals surface area (Å²) in [4.78, 5) is 210. The quantitative estimate of drug-likeness (QED) is 0.0164. The van der Waals surface area contributed by atoms with Crippen LogP contribution in [0.25, 0.3) is 0 Å². The lowest BCUT2D eigenvalue weighted by Gasteiger charge is -2.29. The molecule has 0 aromatic carbocycles. The molecule has 39 nitrogen and oxygen atoms in total. The summed E-state index contributed by atoms with van der Waals surface area (Å²) in [5.41, 5.74) is 39.8. The van der Waals surface area contributed by atoms with Crippen molar-refractivity contribution in [1.82, 2.24) is 68.5 Å². The molecule has 1 aromatic heterocycles. The molecule has 0 aliphatic rings. The molecule has 1 heterocycles. The number of nitrogens with zero attached hydrogens (tertiary/aromatic N) is 2. The van der Waals surface area contributed by atoms with Gasteiger partial charge in [0.05, 0.1) is 31.9 Å². The second kappa shape index (κ2) is 45.7. The van der Waals surface area contributed by atoms with E-state index >= 15 is 0 Å². The highest BCUT2D eigenvalue weighted by Gasteiger charge is 2.37. The van der Waals surface area contributed by atoms with Gasteiger partial charge < -0.3 is 119 Å². The lowest BCUT2D eigenvalue weighted by atomic mass is 10.00. The first kappa shape index (κ1) is 85.4. The van der Waals surface area contributed by atoms with E-state index in [0.29, 0.717) is 37.9 Å². The van der Waals surface area contributed by atoms with Crippen LogP contribution in [0.2, 0.25) is 0 Å². The van der Waals surface area contributed by atoms with Gasteiger partial charge in [0, 0.05) is 37.7 Å². The van der Waals surface area contributed by atoms with E-state index in [-0.39, 0.29) is 69.9 Å². The SMILES string of the molecule is CC(C)C[C@H](NC(=O)[C@H](CCC(N)=O)NC(=O)[C@H](CCC(=O)O)NC(=O)[C@H](CC(C)C)NC(=O)[C@H](CCCCN)NC(=O)[C@H](Cc1cnc[nH]1)NC(=O)[C@@H](N)CCCCN)C(=O)N[C@@H](CCCN=C(N)N)C(=O)N[C@@H](CC(N)=O)C(=O)N[C@@H](CO)C(=O)NCC(=O)N[C@@H](C)C(=O)O. The largest absolute Gasteiger partial charge is 0.481 e. The first-order valence-electron chi connectivity index (χ1n) is 31.7. The summed E-state index contributed by atoms with van der Waals surface area (Å²) < 4.78 is 0. The van der Waals surface area contributed by atoms with E-state index in [1.54, 1.807) is 27.7 Å². The smallest absolute Gasteiger partial charge is 0.325 e. The molecule has 11 atom stereocenters. The zero-order valence-electron chi connectivity index (χ0n) is 55.4. The van der Waals surface area contributed by atoms with Gasteiger partial charge in [0.25, 0.3) is 0 Å². The summed E-state index contributed by atoms with van der Waals surface area (Å²) in [7, 11) is 0. The van der Waals surface area contributed by atoms with Gasteiger partial charge >= 0.3 is 11.9 Å². The monoisotopic (exact) mass is 1380 g/mol. The third-order valence-electron chi connectivity index (χ3n) is 14.4. The highest BCUT2D eigenvalue weighted by molar-refractivity contribution is 6.00. The van der Waals surface area contributed by atoms with Gasteiger partial charge in [0.2, 0.25) is 76.8 Å². The molecule has 1 aromatic rings. The number of carbonyl (C=O) groups excluding carboxylic acids is 13. The minimum absolute atomic E-state index is 0.00756. The van der Waals surface area contributed by atoms with E-state index < -0.39 is 206 Å². The van der Waals surface area contributed by atoms with Gasteiger partial charge in [0.15, 0.2) is 5.96 Å². The van der Waals surface area contributed by atoms with Gasteiger partial charge in [-0.3, -0.25) is 76.9 Å². The van der Waals surface area contributed by atoms with Gasteiger partial charge in [-0.05, 0) is 102 Å². The molecule has 0 aliphatic carbocycles. The number of amides is 13. The number of unbranched alkanes of at least 4 members (excludes halogenated alkanes) is 2. The Morgan fingerprint density at radius 3 is 1.35 bits per heavy atom. The fourth-order valence-electron chi connectivity index (χ4n) is 9.20. The Labute approximate surface area is 560 Å². The number of aliphatic hydroxyl groups excluding tert-OH is 1. The van der Waals surface area contributed by atoms with Crippen LogP contribution in [0.3, 0.4) is 0 Å². The molecule has 0 radical (unpaired) electrons. The van der Waals surface area contributed by atoms with Crippen molar-refractivity contribution in [3.63, 3.8) is 0 Å². The summed E-state index contributed by atoms with van der Waals surface area (Å²) >= 11 is 0. The zero-order chi connectivity index (χ0) is 73.5. The Balaban J connectivity index is 3.67. The maximum absolute atomic E-state index is 14.4. The molecule has 546 valence electrons. The van der Waals surface area contributed by atoms with Crippen LogP contribution in [-0.4, -0.2) is 219 Å². The molecule has 29 N–H and O–H groups in total. The molecule has 0 spiro atoms. The molecular weight excluding hydrogens is 1280 g/mol. The summed E-state index contributed by atoms with van der Waals surface area (Å²) in [6.07, 6.45) is 0.798. The number of nitrogens with one attached hydrogen (secondary N) is 12. The molecule has 13 amide bonds. The Morgan fingerprint density at radius 1 is 0.495 bits per heavy atom. The number of aromatic amines is 1. The van der Waals surface area contributed by atoms with Crippen LogP contribution in [0, 0.1) is 11.8 Å². The lowest BCUT2D eigenvalue weighted by molar-refractivity contribution is -0.141. The molecule has 97 heavy (non-hydrogen) atoms. The highest BCUT2D eigenvalue weighted by Crippen LogP contribution is 2.14. The van der Waals surface area contributed by atoms with Crippen LogP contribution in [0.4, 0.5) is 0 Å². The predicted molar refractivity (Wildman–Crippen MR) is 347 cm³/mol. The second-order valence-electron chi connectivity index (χ2n) is 23.9. The number of aliphatic hydroxyl groups is 1. The van der Waals surface area contributed by atoms with Crippen molar-refractivity contribution in [1.29, 1.82) is 0 Å². The minimum Gasteiger partial charge on any atom is -0.481 e. The molecular formula is C58H101N21O18. The molecule has 0 fully saturated rings.